The molecular weight excluding hydrogens is 779 g/mol. The van der Waals surface area contributed by atoms with Crippen LogP contribution in [-0.4, -0.2) is 139 Å². The molecule has 0 saturated carbocycles. The van der Waals surface area contributed by atoms with Crippen LogP contribution in [0.3, 0.4) is 0 Å². The van der Waals surface area contributed by atoms with E-state index in [1.54, 1.807) is 7.05 Å². The van der Waals surface area contributed by atoms with Crippen molar-refractivity contribution in [1.29, 1.82) is 0 Å². The van der Waals surface area contributed by atoms with E-state index in [1.807, 2.05) is 24.3 Å². The molecule has 0 fully saturated rings. The Morgan fingerprint density at radius 2 is 0.850 bits per heavy atom. The van der Waals surface area contributed by atoms with Crippen LogP contribution in [0, 0.1) is 0 Å². The van der Waals surface area contributed by atoms with Gasteiger partial charge in [-0.25, -0.2) is 4.79 Å². The van der Waals surface area contributed by atoms with Crippen LogP contribution < -0.4 is 10.4 Å². The van der Waals surface area contributed by atoms with Gasteiger partial charge in [0.1, 0.15) is 6.61 Å². The third-order valence-electron chi connectivity index (χ3n) is 10.4. The maximum Gasteiger partial charge on any atom is 0.409 e. The van der Waals surface area contributed by atoms with Crippen molar-refractivity contribution in [1.82, 2.24) is 4.90 Å². The summed E-state index contributed by atoms with van der Waals surface area (Å²) in [4.78, 5) is 14.2. The van der Waals surface area contributed by atoms with Gasteiger partial charge in [-0.3, -0.25) is 0 Å². The molecule has 11 nitrogen and oxygen atoms in total. The monoisotopic (exact) mass is 843 g/mol. The topological polar surface area (TPSA) is 103 Å². The third kappa shape index (κ3) is 14.0. The molecule has 0 heterocycles. The van der Waals surface area contributed by atoms with E-state index in [0.29, 0.717) is 112 Å². The molecule has 4 aromatic carbocycles. The van der Waals surface area contributed by atoms with E-state index in [-0.39, 0.29) is 17.0 Å². The summed E-state index contributed by atoms with van der Waals surface area (Å²) in [7, 11) is -0.831. The fourth-order valence-corrected chi connectivity index (χ4v) is 12.0. The van der Waals surface area contributed by atoms with Gasteiger partial charge in [-0.1, -0.05) is 130 Å². The fraction of sp³-hybridized carbons (Fsp3) is 0.479. The van der Waals surface area contributed by atoms with E-state index >= 15 is 0 Å². The second-order valence-electron chi connectivity index (χ2n) is 15.5. The minimum atomic E-state index is -2.55. The van der Waals surface area contributed by atoms with Crippen molar-refractivity contribution in [3.8, 4) is 11.1 Å². The predicted octanol–water partition coefficient (Wildman–Crippen LogP) is 6.56. The number of carbonyl (C=O) groups is 1. The van der Waals surface area contributed by atoms with E-state index in [9.17, 15) is 4.79 Å². The van der Waals surface area contributed by atoms with Gasteiger partial charge in [0.25, 0.3) is 8.32 Å². The largest absolute Gasteiger partial charge is 0.448 e. The summed E-state index contributed by atoms with van der Waals surface area (Å²) in [5.74, 6) is 0.0377. The number of hydrogen-bond donors (Lipinski definition) is 0. The first-order valence-corrected chi connectivity index (χ1v) is 23.1. The van der Waals surface area contributed by atoms with Crippen molar-refractivity contribution in [3.63, 3.8) is 0 Å². The van der Waals surface area contributed by atoms with Gasteiger partial charge in [0.15, 0.2) is 0 Å². The zero-order chi connectivity index (χ0) is 42.3. The SMILES string of the molecule is CN(CCOCCOCCOCCOCCOCCOCCOCCO[Si](c1ccccc1)(c1ccccc1)C(C)(C)C)C(=O)OCC1c2ccccc2-c2ccccc21. The first-order valence-electron chi connectivity index (χ1n) is 21.2. The summed E-state index contributed by atoms with van der Waals surface area (Å²) in [5, 5.41) is 2.46. The average Bonchev–Trinajstić information content (AvgIpc) is 3.59. The number of rotatable bonds is 29. The number of carbonyl (C=O) groups excluding carboxylic acids is 1. The van der Waals surface area contributed by atoms with Gasteiger partial charge in [0.2, 0.25) is 0 Å². The molecule has 1 aliphatic rings. The number of likely N-dealkylation sites (N-methyl/N-ethyl adjacent to an activating group) is 1. The highest BCUT2D eigenvalue weighted by atomic mass is 28.4. The van der Waals surface area contributed by atoms with Gasteiger partial charge in [0, 0.05) is 19.5 Å². The van der Waals surface area contributed by atoms with Gasteiger partial charge >= 0.3 is 6.09 Å². The van der Waals surface area contributed by atoms with Crippen LogP contribution in [0.5, 0.6) is 0 Å². The lowest BCUT2D eigenvalue weighted by atomic mass is 9.98. The van der Waals surface area contributed by atoms with Crippen molar-refractivity contribution >= 4 is 24.8 Å². The zero-order valence-electron chi connectivity index (χ0n) is 36.0. The van der Waals surface area contributed by atoms with Crippen LogP contribution in [0.25, 0.3) is 11.1 Å². The fourth-order valence-electron chi connectivity index (χ4n) is 7.43. The number of amides is 1. The highest BCUT2D eigenvalue weighted by Gasteiger charge is 2.50. The van der Waals surface area contributed by atoms with Gasteiger partial charge in [0.05, 0.1) is 99.1 Å². The Bertz CT molecular complexity index is 1710. The predicted molar refractivity (Wildman–Crippen MR) is 237 cm³/mol. The summed E-state index contributed by atoms with van der Waals surface area (Å²) in [6, 6.07) is 37.9. The van der Waals surface area contributed by atoms with E-state index in [4.69, 9.17) is 42.3 Å². The number of benzene rings is 4. The Morgan fingerprint density at radius 3 is 1.25 bits per heavy atom. The molecular formula is C48H65NO10Si. The van der Waals surface area contributed by atoms with Crippen LogP contribution in [0.4, 0.5) is 4.79 Å². The normalized spacial score (nSPS) is 12.7. The average molecular weight is 844 g/mol. The van der Waals surface area contributed by atoms with Crippen molar-refractivity contribution in [2.75, 3.05) is 119 Å². The maximum atomic E-state index is 12.7. The number of nitrogens with zero attached hydrogens (tertiary/aromatic N) is 1. The van der Waals surface area contributed by atoms with E-state index < -0.39 is 8.32 Å². The van der Waals surface area contributed by atoms with Gasteiger partial charge in [-0.05, 0) is 37.7 Å². The van der Waals surface area contributed by atoms with E-state index in [2.05, 4.69) is 106 Å². The molecule has 0 bridgehead atoms. The standard InChI is InChI=1S/C48H65NO10Si/c1-48(2,3)60(40-15-7-5-8-16-40,41-17-9-6-10-18-41)59-38-37-57-36-35-56-34-33-55-32-31-54-30-29-53-28-27-52-26-25-51-24-23-49(4)47(50)58-39-46-44-21-13-11-19-42(44)43-20-12-14-22-45(43)46/h5-22,46H,23-39H2,1-4H3. The molecule has 0 atom stereocenters. The molecule has 1 amide bonds. The van der Waals surface area contributed by atoms with Crippen molar-refractivity contribution in [2.45, 2.75) is 31.7 Å². The summed E-state index contributed by atoms with van der Waals surface area (Å²) in [6.45, 7) is 14.7. The number of ether oxygens (including phenoxy) is 8. The summed E-state index contributed by atoms with van der Waals surface area (Å²) < 4.78 is 52.1. The Labute approximate surface area is 358 Å². The van der Waals surface area contributed by atoms with Crippen LogP contribution >= 0.6 is 0 Å². The molecule has 5 rings (SSSR count). The van der Waals surface area contributed by atoms with Crippen LogP contribution in [0.1, 0.15) is 37.8 Å². The highest BCUT2D eigenvalue weighted by molar-refractivity contribution is 6.99. The molecule has 0 aromatic heterocycles. The van der Waals surface area contributed by atoms with Crippen molar-refractivity contribution in [3.05, 3.63) is 120 Å². The molecule has 0 saturated heterocycles. The number of fused-ring (bicyclic) bond motifs is 3. The molecule has 0 spiro atoms. The highest BCUT2D eigenvalue weighted by Crippen LogP contribution is 2.44. The lowest BCUT2D eigenvalue weighted by Crippen LogP contribution is -2.66. The van der Waals surface area contributed by atoms with Crippen LogP contribution in [-0.2, 0) is 42.3 Å². The Kier molecular flexibility index (Phi) is 20.2. The van der Waals surface area contributed by atoms with Gasteiger partial charge in [-0.2, -0.15) is 0 Å². The molecule has 0 radical (unpaired) electrons. The van der Waals surface area contributed by atoms with Crippen LogP contribution in [0.2, 0.25) is 5.04 Å². The van der Waals surface area contributed by atoms with Gasteiger partial charge < -0.3 is 47.2 Å². The summed E-state index contributed by atoms with van der Waals surface area (Å²) in [6.07, 6.45) is -0.362. The Balaban J connectivity index is 0.774. The third-order valence-corrected chi connectivity index (χ3v) is 15.5. The maximum absolute atomic E-state index is 12.7. The zero-order valence-corrected chi connectivity index (χ0v) is 37.0. The van der Waals surface area contributed by atoms with Crippen molar-refractivity contribution in [2.24, 2.45) is 0 Å². The summed E-state index contributed by atoms with van der Waals surface area (Å²) in [5.41, 5.74) is 4.80. The Hall–Kier alpha value is -3.95. The molecule has 60 heavy (non-hydrogen) atoms. The summed E-state index contributed by atoms with van der Waals surface area (Å²) >= 11 is 0. The lowest BCUT2D eigenvalue weighted by Gasteiger charge is -2.43. The number of hydrogen-bond acceptors (Lipinski definition) is 10. The lowest BCUT2D eigenvalue weighted by molar-refractivity contribution is -0.0216. The second-order valence-corrected chi connectivity index (χ2v) is 19.8. The molecule has 1 aliphatic carbocycles. The Morgan fingerprint density at radius 1 is 0.500 bits per heavy atom. The van der Waals surface area contributed by atoms with Crippen molar-refractivity contribution < 1.29 is 47.1 Å². The molecule has 4 aromatic rings. The second kappa shape index (κ2) is 25.7. The molecule has 0 unspecified atom stereocenters. The van der Waals surface area contributed by atoms with Crippen LogP contribution in [0.15, 0.2) is 109 Å². The minimum Gasteiger partial charge on any atom is -0.448 e. The smallest absolute Gasteiger partial charge is 0.409 e. The van der Waals surface area contributed by atoms with E-state index in [1.165, 1.54) is 37.5 Å². The first kappa shape index (κ1) is 47.1. The quantitative estimate of drug-likeness (QED) is 0.0442. The minimum absolute atomic E-state index is 0.0377. The molecule has 0 aliphatic heterocycles. The first-order chi connectivity index (χ1) is 29.3. The van der Waals surface area contributed by atoms with E-state index in [0.717, 1.165) is 0 Å². The molecule has 12 heteroatoms. The molecule has 0 N–H and O–H groups in total. The molecule has 326 valence electrons. The van der Waals surface area contributed by atoms with Gasteiger partial charge in [-0.15, -0.1) is 0 Å².